The number of hydrogen-bond acceptors (Lipinski definition) is 8. The lowest BCUT2D eigenvalue weighted by molar-refractivity contribution is -0.384. The largest absolute Gasteiger partial charge is 0.463 e. The van der Waals surface area contributed by atoms with Crippen LogP contribution in [-0.4, -0.2) is 25.4 Å². The molecular weight excluding hydrogens is 560 g/mol. The van der Waals surface area contributed by atoms with Gasteiger partial charge in [-0.05, 0) is 60.9 Å². The predicted molar refractivity (Wildman–Crippen MR) is 156 cm³/mol. The zero-order valence-corrected chi connectivity index (χ0v) is 23.0. The average Bonchev–Trinajstić information content (AvgIpc) is 2.98. The molecule has 1 heterocycles. The third-order valence-corrected chi connectivity index (χ3v) is 8.04. The number of carbonyl (C=O) groups is 1. The highest BCUT2D eigenvalue weighted by molar-refractivity contribution is 7.89. The second-order valence-electron chi connectivity index (χ2n) is 9.54. The van der Waals surface area contributed by atoms with Gasteiger partial charge in [0.25, 0.3) is 5.69 Å². The number of nitro benzene ring substituents is 1. The molecule has 5 rings (SSSR count). The number of nitro groups is 1. The van der Waals surface area contributed by atoms with Crippen molar-refractivity contribution in [3.63, 3.8) is 0 Å². The van der Waals surface area contributed by atoms with Crippen LogP contribution in [0.15, 0.2) is 117 Å². The fourth-order valence-electron chi connectivity index (χ4n) is 4.32. The number of sulfonamides is 1. The third-order valence-electron chi connectivity index (χ3n) is 6.55. The van der Waals surface area contributed by atoms with Crippen LogP contribution in [0.3, 0.4) is 0 Å². The van der Waals surface area contributed by atoms with Crippen LogP contribution in [0.4, 0.5) is 5.69 Å². The lowest BCUT2D eigenvalue weighted by Gasteiger charge is -2.18. The standard InChI is InChI=1S/C31H24N2O8S/c1-20-7-14-25(15-8-20)42(38,39)32-28(17-21-5-3-2-4-6-21)31(35)41-24-13-16-26-29(18-24)40-19-27(30(26)34)22-9-11-23(12-10-22)33(36)37/h2-16,18-19,28,32H,17H2,1H3/t28-/m1/s1. The van der Waals surface area contributed by atoms with Gasteiger partial charge in [0.1, 0.15) is 23.6 Å². The molecule has 0 aliphatic heterocycles. The van der Waals surface area contributed by atoms with Crippen molar-refractivity contribution in [2.24, 2.45) is 0 Å². The van der Waals surface area contributed by atoms with E-state index in [1.165, 1.54) is 60.9 Å². The summed E-state index contributed by atoms with van der Waals surface area (Å²) in [6.07, 6.45) is 1.26. The summed E-state index contributed by atoms with van der Waals surface area (Å²) in [6.45, 7) is 1.83. The van der Waals surface area contributed by atoms with Crippen LogP contribution in [0.5, 0.6) is 5.75 Å². The number of nitrogens with one attached hydrogen (secondary N) is 1. The van der Waals surface area contributed by atoms with Gasteiger partial charge in [-0.3, -0.25) is 14.9 Å². The van der Waals surface area contributed by atoms with Crippen LogP contribution in [0.1, 0.15) is 11.1 Å². The van der Waals surface area contributed by atoms with E-state index in [1.54, 1.807) is 36.4 Å². The molecule has 0 amide bonds. The molecule has 1 atom stereocenters. The molecule has 0 saturated heterocycles. The highest BCUT2D eigenvalue weighted by Gasteiger charge is 2.28. The van der Waals surface area contributed by atoms with Gasteiger partial charge in [0, 0.05) is 18.2 Å². The second-order valence-corrected chi connectivity index (χ2v) is 11.3. The van der Waals surface area contributed by atoms with Gasteiger partial charge in [0.15, 0.2) is 5.43 Å². The Morgan fingerprint density at radius 2 is 1.67 bits per heavy atom. The summed E-state index contributed by atoms with van der Waals surface area (Å²) in [4.78, 5) is 36.8. The van der Waals surface area contributed by atoms with Gasteiger partial charge in [-0.2, -0.15) is 4.72 Å². The number of aryl methyl sites for hydroxylation is 1. The van der Waals surface area contributed by atoms with E-state index < -0.39 is 27.0 Å². The van der Waals surface area contributed by atoms with Crippen LogP contribution in [0, 0.1) is 17.0 Å². The molecule has 0 aliphatic rings. The molecule has 0 spiro atoms. The Labute approximate surface area is 240 Å². The summed E-state index contributed by atoms with van der Waals surface area (Å²) in [5, 5.41) is 11.1. The van der Waals surface area contributed by atoms with Crippen LogP contribution in [0.2, 0.25) is 0 Å². The topological polar surface area (TPSA) is 146 Å². The maximum Gasteiger partial charge on any atom is 0.329 e. The summed E-state index contributed by atoms with van der Waals surface area (Å²) in [7, 11) is -4.06. The van der Waals surface area contributed by atoms with E-state index in [0.717, 1.165) is 5.56 Å². The van der Waals surface area contributed by atoms with E-state index in [2.05, 4.69) is 4.72 Å². The zero-order valence-electron chi connectivity index (χ0n) is 22.2. The summed E-state index contributed by atoms with van der Waals surface area (Å²) >= 11 is 0. The molecule has 0 bridgehead atoms. The first-order chi connectivity index (χ1) is 20.1. The van der Waals surface area contributed by atoms with Crippen LogP contribution in [-0.2, 0) is 21.2 Å². The maximum atomic E-state index is 13.3. The fourth-order valence-corrected chi connectivity index (χ4v) is 5.50. The molecular formula is C31H24N2O8S. The van der Waals surface area contributed by atoms with Gasteiger partial charge in [-0.25, -0.2) is 13.2 Å². The summed E-state index contributed by atoms with van der Waals surface area (Å²) in [5.41, 5.74) is 1.90. The van der Waals surface area contributed by atoms with Gasteiger partial charge in [0.05, 0.1) is 20.8 Å². The molecule has 5 aromatic rings. The van der Waals surface area contributed by atoms with Crippen molar-refractivity contribution < 1.29 is 27.3 Å². The lowest BCUT2D eigenvalue weighted by Crippen LogP contribution is -2.44. The minimum Gasteiger partial charge on any atom is -0.463 e. The first-order valence-electron chi connectivity index (χ1n) is 12.8. The van der Waals surface area contributed by atoms with Crippen LogP contribution in [0.25, 0.3) is 22.1 Å². The molecule has 0 fully saturated rings. The predicted octanol–water partition coefficient (Wildman–Crippen LogP) is 5.17. The molecule has 10 nitrogen and oxygen atoms in total. The number of hydrogen-bond donors (Lipinski definition) is 1. The van der Waals surface area contributed by atoms with E-state index in [-0.39, 0.29) is 44.7 Å². The number of rotatable bonds is 9. The molecule has 0 unspecified atom stereocenters. The molecule has 1 aromatic heterocycles. The first-order valence-corrected chi connectivity index (χ1v) is 14.2. The minimum absolute atomic E-state index is 0.00951. The first kappa shape index (κ1) is 28.4. The van der Waals surface area contributed by atoms with Crippen molar-refractivity contribution in [2.45, 2.75) is 24.3 Å². The Bertz CT molecular complexity index is 1940. The normalized spacial score (nSPS) is 12.1. The number of fused-ring (bicyclic) bond motifs is 1. The summed E-state index contributed by atoms with van der Waals surface area (Å²) < 4.78 is 39.9. The van der Waals surface area contributed by atoms with Crippen LogP contribution >= 0.6 is 0 Å². The monoisotopic (exact) mass is 584 g/mol. The third kappa shape index (κ3) is 6.27. The molecule has 0 aliphatic carbocycles. The molecule has 11 heteroatoms. The van der Waals surface area contributed by atoms with E-state index in [0.29, 0.717) is 11.1 Å². The van der Waals surface area contributed by atoms with E-state index >= 15 is 0 Å². The van der Waals surface area contributed by atoms with Crippen molar-refractivity contribution in [1.29, 1.82) is 0 Å². The van der Waals surface area contributed by atoms with Crippen molar-refractivity contribution in [2.75, 3.05) is 0 Å². The highest BCUT2D eigenvalue weighted by atomic mass is 32.2. The highest BCUT2D eigenvalue weighted by Crippen LogP contribution is 2.25. The van der Waals surface area contributed by atoms with Gasteiger partial charge in [-0.1, -0.05) is 48.0 Å². The summed E-state index contributed by atoms with van der Waals surface area (Å²) in [5.74, 6) is -0.801. The number of nitrogens with zero attached hydrogens (tertiary/aromatic N) is 1. The SMILES string of the molecule is Cc1ccc(S(=O)(=O)N[C@H](Cc2ccccc2)C(=O)Oc2ccc3c(=O)c(-c4ccc([N+](=O)[O-])cc4)coc3c2)cc1. The van der Waals surface area contributed by atoms with E-state index in [1.807, 2.05) is 13.0 Å². The number of non-ortho nitro benzene ring substituents is 1. The van der Waals surface area contributed by atoms with E-state index in [4.69, 9.17) is 9.15 Å². The molecule has 212 valence electrons. The quantitative estimate of drug-likeness (QED) is 0.108. The van der Waals surface area contributed by atoms with Gasteiger partial charge in [-0.15, -0.1) is 0 Å². The Hall–Kier alpha value is -5.13. The van der Waals surface area contributed by atoms with Crippen molar-refractivity contribution in [3.05, 3.63) is 135 Å². The summed E-state index contributed by atoms with van der Waals surface area (Å²) in [6, 6.07) is 23.6. The number of carbonyl (C=O) groups excluding carboxylic acids is 1. The zero-order chi connectivity index (χ0) is 29.9. The molecule has 0 saturated carbocycles. The Balaban J connectivity index is 1.41. The van der Waals surface area contributed by atoms with Gasteiger partial charge >= 0.3 is 5.97 Å². The molecule has 0 radical (unpaired) electrons. The maximum absolute atomic E-state index is 13.3. The molecule has 4 aromatic carbocycles. The van der Waals surface area contributed by atoms with Gasteiger partial charge in [0.2, 0.25) is 10.0 Å². The van der Waals surface area contributed by atoms with E-state index in [9.17, 15) is 28.1 Å². The molecule has 1 N–H and O–H groups in total. The smallest absolute Gasteiger partial charge is 0.329 e. The Morgan fingerprint density at radius 3 is 2.33 bits per heavy atom. The second kappa shape index (κ2) is 11.8. The fraction of sp³-hybridized carbons (Fsp3) is 0.0968. The number of benzene rings is 4. The molecule has 42 heavy (non-hydrogen) atoms. The number of esters is 1. The van der Waals surface area contributed by atoms with Crippen molar-refractivity contribution >= 4 is 32.6 Å². The van der Waals surface area contributed by atoms with Crippen molar-refractivity contribution in [3.8, 4) is 16.9 Å². The number of ether oxygens (including phenoxy) is 1. The lowest BCUT2D eigenvalue weighted by atomic mass is 10.1. The van der Waals surface area contributed by atoms with Gasteiger partial charge < -0.3 is 9.15 Å². The Morgan fingerprint density at radius 1 is 0.976 bits per heavy atom. The Kier molecular flexibility index (Phi) is 7.96. The minimum atomic E-state index is -4.06. The van der Waals surface area contributed by atoms with Crippen LogP contribution < -0.4 is 14.9 Å². The average molecular weight is 585 g/mol. The van der Waals surface area contributed by atoms with Crippen molar-refractivity contribution in [1.82, 2.24) is 4.72 Å².